The molecule has 0 fully saturated rings. The van der Waals surface area contributed by atoms with E-state index in [2.05, 4.69) is 51.8 Å². The SMILES string of the molecule is CC(C)C(C)C(C)(C)C=CCCc1ccc2cccnc2c1O. The molecule has 0 spiro atoms. The van der Waals surface area contributed by atoms with E-state index in [0.29, 0.717) is 23.1 Å². The summed E-state index contributed by atoms with van der Waals surface area (Å²) in [6.45, 7) is 11.5. The first-order valence-electron chi connectivity index (χ1n) is 8.56. The number of allylic oxidation sites excluding steroid dienone is 2. The van der Waals surface area contributed by atoms with Gasteiger partial charge in [0.25, 0.3) is 0 Å². The highest BCUT2D eigenvalue weighted by molar-refractivity contribution is 5.85. The fraction of sp³-hybridized carbons (Fsp3) is 0.476. The van der Waals surface area contributed by atoms with Crippen molar-refractivity contribution in [2.75, 3.05) is 0 Å². The molecule has 2 heteroatoms. The zero-order chi connectivity index (χ0) is 17.0. The third-order valence-electron chi connectivity index (χ3n) is 5.13. The standard InChI is InChI=1S/C21H29NO/c1-15(2)16(3)21(4,5)13-7-6-9-18-12-11-17-10-8-14-22-19(17)20(18)23/h7-8,10-16,23H,6,9H2,1-5H3. The van der Waals surface area contributed by atoms with Gasteiger partial charge in [-0.05, 0) is 41.7 Å². The van der Waals surface area contributed by atoms with Crippen LogP contribution in [0.3, 0.4) is 0 Å². The average molecular weight is 311 g/mol. The van der Waals surface area contributed by atoms with Crippen LogP contribution < -0.4 is 0 Å². The molecule has 0 bridgehead atoms. The van der Waals surface area contributed by atoms with E-state index in [9.17, 15) is 5.11 Å². The van der Waals surface area contributed by atoms with Crippen molar-refractivity contribution in [2.24, 2.45) is 17.3 Å². The van der Waals surface area contributed by atoms with Gasteiger partial charge in [0.2, 0.25) is 0 Å². The lowest BCUT2D eigenvalue weighted by atomic mass is 9.74. The monoisotopic (exact) mass is 311 g/mol. The fourth-order valence-corrected chi connectivity index (χ4v) is 3.01. The smallest absolute Gasteiger partial charge is 0.144 e. The molecule has 2 aromatic rings. The highest BCUT2D eigenvalue weighted by Crippen LogP contribution is 2.34. The summed E-state index contributed by atoms with van der Waals surface area (Å²) in [5.41, 5.74) is 1.86. The molecule has 1 aromatic heterocycles. The zero-order valence-electron chi connectivity index (χ0n) is 15.0. The van der Waals surface area contributed by atoms with E-state index in [1.807, 2.05) is 24.3 Å². The number of aromatic nitrogens is 1. The first kappa shape index (κ1) is 17.5. The lowest BCUT2D eigenvalue weighted by molar-refractivity contribution is 0.234. The minimum atomic E-state index is 0.196. The van der Waals surface area contributed by atoms with Crippen LogP contribution in [-0.4, -0.2) is 10.1 Å². The van der Waals surface area contributed by atoms with Crippen molar-refractivity contribution in [3.05, 3.63) is 48.2 Å². The molecular formula is C21H29NO. The minimum Gasteiger partial charge on any atom is -0.505 e. The molecule has 0 amide bonds. The van der Waals surface area contributed by atoms with Crippen molar-refractivity contribution < 1.29 is 5.11 Å². The number of phenols is 1. The van der Waals surface area contributed by atoms with Gasteiger partial charge in [0.1, 0.15) is 11.3 Å². The quantitative estimate of drug-likeness (QED) is 0.689. The highest BCUT2D eigenvalue weighted by atomic mass is 16.3. The van der Waals surface area contributed by atoms with Gasteiger partial charge in [-0.2, -0.15) is 0 Å². The van der Waals surface area contributed by atoms with E-state index in [1.165, 1.54) is 0 Å². The van der Waals surface area contributed by atoms with Crippen LogP contribution in [0.15, 0.2) is 42.6 Å². The number of aromatic hydroxyl groups is 1. The lowest BCUT2D eigenvalue weighted by Gasteiger charge is -2.31. The molecule has 0 radical (unpaired) electrons. The van der Waals surface area contributed by atoms with E-state index in [1.54, 1.807) is 6.20 Å². The van der Waals surface area contributed by atoms with E-state index in [4.69, 9.17) is 0 Å². The third-order valence-corrected chi connectivity index (χ3v) is 5.13. The summed E-state index contributed by atoms with van der Waals surface area (Å²) in [6.07, 6.45) is 8.07. The predicted octanol–water partition coefficient (Wildman–Crippen LogP) is 5.75. The van der Waals surface area contributed by atoms with Gasteiger partial charge in [0, 0.05) is 11.6 Å². The molecule has 0 saturated heterocycles. The van der Waals surface area contributed by atoms with Gasteiger partial charge in [-0.3, -0.25) is 4.98 Å². The summed E-state index contributed by atoms with van der Waals surface area (Å²) < 4.78 is 0. The number of phenolic OH excluding ortho intramolecular Hbond substituents is 1. The molecule has 1 N–H and O–H groups in total. The van der Waals surface area contributed by atoms with Crippen LogP contribution in [-0.2, 0) is 6.42 Å². The van der Waals surface area contributed by atoms with Gasteiger partial charge in [0.15, 0.2) is 0 Å². The topological polar surface area (TPSA) is 33.1 Å². The summed E-state index contributed by atoms with van der Waals surface area (Å²) >= 11 is 0. The van der Waals surface area contributed by atoms with Gasteiger partial charge in [-0.15, -0.1) is 0 Å². The number of pyridine rings is 1. The number of aryl methyl sites for hydroxylation is 1. The van der Waals surface area contributed by atoms with Crippen molar-refractivity contribution in [3.63, 3.8) is 0 Å². The van der Waals surface area contributed by atoms with Gasteiger partial charge in [0.05, 0.1) is 0 Å². The van der Waals surface area contributed by atoms with E-state index < -0.39 is 0 Å². The number of rotatable bonds is 6. The van der Waals surface area contributed by atoms with Crippen LogP contribution in [0.2, 0.25) is 0 Å². The maximum Gasteiger partial charge on any atom is 0.144 e. The number of fused-ring (bicyclic) bond motifs is 1. The third kappa shape index (κ3) is 4.13. The Morgan fingerprint density at radius 3 is 2.61 bits per heavy atom. The van der Waals surface area contributed by atoms with Crippen LogP contribution >= 0.6 is 0 Å². The molecule has 124 valence electrons. The molecule has 1 heterocycles. The first-order chi connectivity index (χ1) is 10.8. The van der Waals surface area contributed by atoms with Gasteiger partial charge >= 0.3 is 0 Å². The zero-order valence-corrected chi connectivity index (χ0v) is 15.0. The Morgan fingerprint density at radius 2 is 1.91 bits per heavy atom. The summed E-state index contributed by atoms with van der Waals surface area (Å²) in [4.78, 5) is 4.28. The Labute approximate surface area is 140 Å². The number of hydrogen-bond donors (Lipinski definition) is 1. The maximum atomic E-state index is 10.4. The van der Waals surface area contributed by atoms with Crippen LogP contribution in [0.25, 0.3) is 10.9 Å². The normalized spacial score (nSPS) is 14.0. The Hall–Kier alpha value is -1.83. The van der Waals surface area contributed by atoms with Crippen molar-refractivity contribution in [2.45, 2.75) is 47.5 Å². The fourth-order valence-electron chi connectivity index (χ4n) is 3.01. The lowest BCUT2D eigenvalue weighted by Crippen LogP contribution is -2.23. The van der Waals surface area contributed by atoms with Crippen LogP contribution in [0.1, 0.15) is 46.6 Å². The maximum absolute atomic E-state index is 10.4. The molecule has 1 unspecified atom stereocenters. The van der Waals surface area contributed by atoms with Crippen LogP contribution in [0, 0.1) is 17.3 Å². The Morgan fingerprint density at radius 1 is 1.17 bits per heavy atom. The predicted molar refractivity (Wildman–Crippen MR) is 98.7 cm³/mol. The largest absolute Gasteiger partial charge is 0.505 e. The molecule has 1 atom stereocenters. The van der Waals surface area contributed by atoms with Crippen molar-refractivity contribution in [1.29, 1.82) is 0 Å². The highest BCUT2D eigenvalue weighted by Gasteiger charge is 2.24. The summed E-state index contributed by atoms with van der Waals surface area (Å²) in [5, 5.41) is 11.4. The van der Waals surface area contributed by atoms with Crippen molar-refractivity contribution in [3.8, 4) is 5.75 Å². The Bertz CT molecular complexity index is 685. The van der Waals surface area contributed by atoms with Crippen molar-refractivity contribution >= 4 is 10.9 Å². The van der Waals surface area contributed by atoms with Crippen molar-refractivity contribution in [1.82, 2.24) is 4.98 Å². The number of hydrogen-bond acceptors (Lipinski definition) is 2. The average Bonchev–Trinajstić information content (AvgIpc) is 2.52. The second-order valence-corrected chi connectivity index (χ2v) is 7.44. The molecule has 1 aromatic carbocycles. The molecule has 0 aliphatic carbocycles. The van der Waals surface area contributed by atoms with Crippen LogP contribution in [0.4, 0.5) is 0 Å². The van der Waals surface area contributed by atoms with Gasteiger partial charge in [-0.1, -0.05) is 65.0 Å². The van der Waals surface area contributed by atoms with Crippen LogP contribution in [0.5, 0.6) is 5.75 Å². The second kappa shape index (κ2) is 7.16. The molecule has 2 nitrogen and oxygen atoms in total. The molecule has 0 aliphatic heterocycles. The minimum absolute atomic E-state index is 0.196. The first-order valence-corrected chi connectivity index (χ1v) is 8.56. The number of benzene rings is 1. The Kier molecular flexibility index (Phi) is 5.46. The van der Waals surface area contributed by atoms with Gasteiger partial charge < -0.3 is 5.11 Å². The molecular weight excluding hydrogens is 282 g/mol. The van der Waals surface area contributed by atoms with E-state index in [0.717, 1.165) is 23.8 Å². The second-order valence-electron chi connectivity index (χ2n) is 7.44. The molecule has 23 heavy (non-hydrogen) atoms. The Balaban J connectivity index is 2.04. The van der Waals surface area contributed by atoms with E-state index >= 15 is 0 Å². The van der Waals surface area contributed by atoms with Gasteiger partial charge in [-0.25, -0.2) is 0 Å². The summed E-state index contributed by atoms with van der Waals surface area (Å²) in [5.74, 6) is 1.63. The summed E-state index contributed by atoms with van der Waals surface area (Å²) in [6, 6.07) is 7.91. The summed E-state index contributed by atoms with van der Waals surface area (Å²) in [7, 11) is 0. The number of nitrogens with zero attached hydrogens (tertiary/aromatic N) is 1. The molecule has 0 aliphatic rings. The van der Waals surface area contributed by atoms with E-state index in [-0.39, 0.29) is 5.41 Å². The molecule has 2 rings (SSSR count). The molecule has 0 saturated carbocycles.